The standard InChI is InChI=1S/C32H33NO2P2S7/c1-23-5-13-27(14-6-23)34-32(44-36-39,42-29-17-9-25(3)10-18-29)33-31(38)21-22-41-37(40,35-28-15-7-24(2)8-16-28)43-30-19-11-26(4)12-20-30/h5-20H,21-22H2,1-4H3,(H,33,38). The van der Waals surface area contributed by atoms with Crippen LogP contribution in [0.5, 0.6) is 11.5 Å². The number of hydrogen-bond acceptors (Lipinski definition) is 9. The molecule has 1 N–H and O–H groups in total. The summed E-state index contributed by atoms with van der Waals surface area (Å²) in [4.78, 5) is 2.82. The number of nitrogens with one attached hydrogen (secondary N) is 1. The van der Waals surface area contributed by atoms with Crippen LogP contribution in [0.25, 0.3) is 0 Å². The maximum absolute atomic E-state index is 6.63. The maximum atomic E-state index is 6.63. The molecule has 4 rings (SSSR count). The monoisotopic (exact) mass is 749 g/mol. The van der Waals surface area contributed by atoms with E-state index in [0.717, 1.165) is 26.9 Å². The van der Waals surface area contributed by atoms with Crippen molar-refractivity contribution >= 4 is 98.0 Å². The Morgan fingerprint density at radius 2 is 1.23 bits per heavy atom. The van der Waals surface area contributed by atoms with E-state index in [1.54, 1.807) is 34.5 Å². The van der Waals surface area contributed by atoms with E-state index in [1.807, 2.05) is 48.5 Å². The Morgan fingerprint density at radius 1 is 0.750 bits per heavy atom. The fourth-order valence-corrected chi connectivity index (χ4v) is 16.7. The number of thiocarbonyl (C=S) groups is 1. The minimum absolute atomic E-state index is 0.604. The normalized spacial score (nSPS) is 13.9. The second kappa shape index (κ2) is 17.2. The molecule has 12 heteroatoms. The largest absolute Gasteiger partial charge is 0.448 e. The van der Waals surface area contributed by atoms with E-state index in [4.69, 9.17) is 45.1 Å². The summed E-state index contributed by atoms with van der Waals surface area (Å²) in [7, 11) is 0. The molecule has 0 saturated carbocycles. The van der Waals surface area contributed by atoms with Crippen LogP contribution in [0.3, 0.4) is 0 Å². The summed E-state index contributed by atoms with van der Waals surface area (Å²) in [5.74, 6) is 2.22. The summed E-state index contributed by atoms with van der Waals surface area (Å²) in [6.45, 7) is 8.97. The van der Waals surface area contributed by atoms with Crippen molar-refractivity contribution in [3.63, 3.8) is 0 Å². The molecule has 0 amide bonds. The van der Waals surface area contributed by atoms with E-state index in [2.05, 4.69) is 81.5 Å². The third kappa shape index (κ3) is 11.6. The van der Waals surface area contributed by atoms with Gasteiger partial charge in [0.25, 0.3) is 4.39 Å². The van der Waals surface area contributed by atoms with Crippen molar-refractivity contribution in [2.24, 2.45) is 0 Å². The van der Waals surface area contributed by atoms with Crippen molar-refractivity contribution in [1.82, 2.24) is 5.32 Å². The van der Waals surface area contributed by atoms with Gasteiger partial charge in [-0.25, -0.2) is 0 Å². The number of ether oxygens (including phenoxy) is 1. The molecule has 0 bridgehead atoms. The lowest BCUT2D eigenvalue weighted by molar-refractivity contribution is 0.244. The van der Waals surface area contributed by atoms with Crippen LogP contribution >= 0.6 is 69.4 Å². The van der Waals surface area contributed by atoms with Gasteiger partial charge >= 0.3 is 0 Å². The van der Waals surface area contributed by atoms with Gasteiger partial charge in [-0.3, -0.25) is 0 Å². The summed E-state index contributed by atoms with van der Waals surface area (Å²) in [5.41, 5.74) is 4.75. The van der Waals surface area contributed by atoms with E-state index in [9.17, 15) is 0 Å². The second-order valence-electron chi connectivity index (χ2n) is 9.94. The highest BCUT2D eigenvalue weighted by Crippen LogP contribution is 2.71. The average molecular weight is 750 g/mol. The third-order valence-electron chi connectivity index (χ3n) is 6.05. The van der Waals surface area contributed by atoms with Crippen LogP contribution in [0.4, 0.5) is 0 Å². The number of aryl methyl sites for hydroxylation is 4. The fourth-order valence-electron chi connectivity index (χ4n) is 3.72. The molecule has 0 aromatic heterocycles. The Hall–Kier alpha value is -1.06. The van der Waals surface area contributed by atoms with Gasteiger partial charge in [-0.05, 0) is 134 Å². The highest BCUT2D eigenvalue weighted by Gasteiger charge is 2.36. The van der Waals surface area contributed by atoms with Crippen LogP contribution in [0.1, 0.15) is 28.7 Å². The Bertz CT molecular complexity index is 1480. The predicted octanol–water partition coefficient (Wildman–Crippen LogP) is 11.9. The topological polar surface area (TPSA) is 30.5 Å². The highest BCUT2D eigenvalue weighted by molar-refractivity contribution is 8.99. The first kappa shape index (κ1) is 35.8. The van der Waals surface area contributed by atoms with Gasteiger partial charge in [-0.15, -0.1) is 0 Å². The Balaban J connectivity index is 1.50. The molecule has 4 aromatic rings. The molecule has 0 spiro atoms. The molecule has 0 saturated heterocycles. The fraction of sp³-hybridized carbons (Fsp3) is 0.219. The molecule has 0 aliphatic heterocycles. The van der Waals surface area contributed by atoms with E-state index in [-0.39, 0.29) is 0 Å². The van der Waals surface area contributed by atoms with Crippen molar-refractivity contribution in [2.75, 3.05) is 5.75 Å². The molecular formula is C32H33NO2P2S7. The van der Waals surface area contributed by atoms with Crippen molar-refractivity contribution in [1.29, 1.82) is 0 Å². The van der Waals surface area contributed by atoms with Gasteiger partial charge in [-0.1, -0.05) is 94.4 Å². The summed E-state index contributed by atoms with van der Waals surface area (Å²) in [5, 5.41) is 3.53. The van der Waals surface area contributed by atoms with Crippen LogP contribution in [-0.2, 0) is 23.6 Å². The minimum Gasteiger partial charge on any atom is -0.448 e. The van der Waals surface area contributed by atoms with Crippen LogP contribution in [0, 0.1) is 27.7 Å². The van der Waals surface area contributed by atoms with Gasteiger partial charge in [0.15, 0.2) is 0 Å². The summed E-state index contributed by atoms with van der Waals surface area (Å²) in [6, 6.07) is 32.9. The average Bonchev–Trinajstić information content (AvgIpc) is 2.98. The van der Waals surface area contributed by atoms with Gasteiger partial charge in [-0.2, -0.15) is 0 Å². The molecule has 2 unspecified atom stereocenters. The van der Waals surface area contributed by atoms with Gasteiger partial charge < -0.3 is 14.6 Å². The molecule has 0 radical (unpaired) electrons. The number of benzene rings is 4. The number of thioether (sulfide) groups is 1. The van der Waals surface area contributed by atoms with E-state index >= 15 is 0 Å². The predicted molar refractivity (Wildman–Crippen MR) is 209 cm³/mol. The third-order valence-corrected chi connectivity index (χ3v) is 18.9. The van der Waals surface area contributed by atoms with E-state index in [1.165, 1.54) is 28.1 Å². The number of rotatable bonds is 15. The van der Waals surface area contributed by atoms with Gasteiger partial charge in [0.05, 0.1) is 4.99 Å². The lowest BCUT2D eigenvalue weighted by Crippen LogP contribution is -2.46. The van der Waals surface area contributed by atoms with Crippen LogP contribution in [0.15, 0.2) is 107 Å². The first-order chi connectivity index (χ1) is 21.1. The molecule has 0 heterocycles. The first-order valence-electron chi connectivity index (χ1n) is 13.7. The van der Waals surface area contributed by atoms with Gasteiger partial charge in [0, 0.05) is 28.5 Å². The van der Waals surface area contributed by atoms with Crippen molar-refractivity contribution < 1.29 is 9.26 Å². The second-order valence-corrected chi connectivity index (χ2v) is 25.6. The zero-order valence-corrected chi connectivity index (χ0v) is 32.2. The van der Waals surface area contributed by atoms with Crippen molar-refractivity contribution in [3.05, 3.63) is 119 Å². The SMILES string of the molecule is Cc1ccc(OC(NC(=S)CCSP(=S)(Oc2ccc(C)cc2)Sc2ccc(C)cc2)(SP=S)Sc2ccc(C)cc2)cc1. The Morgan fingerprint density at radius 3 is 1.75 bits per heavy atom. The first-order valence-corrected chi connectivity index (χ1v) is 23.9. The molecule has 230 valence electrons. The molecule has 4 aromatic carbocycles. The zero-order valence-electron chi connectivity index (χ0n) is 24.7. The van der Waals surface area contributed by atoms with Crippen molar-refractivity contribution in [2.45, 2.75) is 48.3 Å². The van der Waals surface area contributed by atoms with Crippen LogP contribution in [-0.4, -0.2) is 15.1 Å². The molecule has 0 fully saturated rings. The number of hydrogen-bond donors (Lipinski definition) is 1. The summed E-state index contributed by atoms with van der Waals surface area (Å²) < 4.78 is 9.79. The molecule has 44 heavy (non-hydrogen) atoms. The Kier molecular flexibility index (Phi) is 14.0. The quantitative estimate of drug-likeness (QED) is 0.0548. The summed E-state index contributed by atoms with van der Waals surface area (Å²) >= 11 is 23.9. The highest BCUT2D eigenvalue weighted by atomic mass is 33.2. The molecule has 0 aliphatic rings. The molecule has 2 atom stereocenters. The molecule has 3 nitrogen and oxygen atoms in total. The van der Waals surface area contributed by atoms with E-state index < -0.39 is 9.06 Å². The van der Waals surface area contributed by atoms with Gasteiger partial charge in [0.1, 0.15) is 11.5 Å². The minimum atomic E-state index is -2.41. The van der Waals surface area contributed by atoms with Crippen LogP contribution in [0.2, 0.25) is 0 Å². The lowest BCUT2D eigenvalue weighted by Gasteiger charge is -2.33. The summed E-state index contributed by atoms with van der Waals surface area (Å²) in [6.07, 6.45) is 0.604. The zero-order chi connectivity index (χ0) is 31.6. The van der Waals surface area contributed by atoms with E-state index in [0.29, 0.717) is 23.7 Å². The molecular weight excluding hydrogens is 717 g/mol. The van der Waals surface area contributed by atoms with Crippen LogP contribution < -0.4 is 14.6 Å². The molecule has 0 aliphatic carbocycles. The smallest absolute Gasteiger partial charge is 0.292 e. The lowest BCUT2D eigenvalue weighted by atomic mass is 10.2. The Labute approximate surface area is 295 Å². The maximum Gasteiger partial charge on any atom is 0.292 e. The van der Waals surface area contributed by atoms with Crippen molar-refractivity contribution in [3.8, 4) is 11.5 Å². The van der Waals surface area contributed by atoms with Gasteiger partial charge in [0.2, 0.25) is 4.67 Å².